The van der Waals surface area contributed by atoms with Gasteiger partial charge in [0.1, 0.15) is 12.1 Å². The fraction of sp³-hybridized carbons (Fsp3) is 0.750. The Morgan fingerprint density at radius 2 is 1.30 bits per heavy atom. The zero-order valence-corrected chi connectivity index (χ0v) is 20.1. The number of unbranched alkanes of at least 4 members (excludes halogenated alkanes) is 9. The summed E-state index contributed by atoms with van der Waals surface area (Å²) in [7, 11) is 6.55. The first-order valence-corrected chi connectivity index (χ1v) is 10.9. The molecular weight excluding hydrogens is 398 g/mol. The SMILES string of the molecule is CCCCCCCCCCCC[N+](C)(C)C(C)C(OC)c1ccccc1.[Br-]. The van der Waals surface area contributed by atoms with Gasteiger partial charge in [0, 0.05) is 7.11 Å². The third-order valence-corrected chi connectivity index (χ3v) is 6.01. The molecule has 0 aliphatic rings. The van der Waals surface area contributed by atoms with Crippen molar-refractivity contribution < 1.29 is 26.2 Å². The Balaban J connectivity index is 0.00000676. The maximum absolute atomic E-state index is 5.87. The van der Waals surface area contributed by atoms with Crippen LogP contribution in [0, 0.1) is 0 Å². The molecule has 0 saturated carbocycles. The largest absolute Gasteiger partial charge is 1.00 e. The molecular formula is C24H44BrNO. The van der Waals surface area contributed by atoms with Gasteiger partial charge in [-0.2, -0.15) is 0 Å². The van der Waals surface area contributed by atoms with Crippen molar-refractivity contribution in [1.82, 2.24) is 0 Å². The Morgan fingerprint density at radius 1 is 0.815 bits per heavy atom. The van der Waals surface area contributed by atoms with Crippen molar-refractivity contribution in [2.24, 2.45) is 0 Å². The van der Waals surface area contributed by atoms with E-state index in [1.807, 2.05) is 7.11 Å². The number of nitrogens with zero attached hydrogens (tertiary/aromatic N) is 1. The number of ether oxygens (including phenoxy) is 1. The molecule has 1 aromatic carbocycles. The van der Waals surface area contributed by atoms with E-state index < -0.39 is 0 Å². The van der Waals surface area contributed by atoms with Gasteiger partial charge in [0.05, 0.1) is 20.6 Å². The third kappa shape index (κ3) is 10.7. The zero-order chi connectivity index (χ0) is 19.3. The highest BCUT2D eigenvalue weighted by Crippen LogP contribution is 2.27. The van der Waals surface area contributed by atoms with E-state index in [4.69, 9.17) is 4.74 Å². The minimum atomic E-state index is 0. The first kappa shape index (κ1) is 26.6. The molecule has 1 aromatic rings. The van der Waals surface area contributed by atoms with Gasteiger partial charge in [-0.1, -0.05) is 88.6 Å². The lowest BCUT2D eigenvalue weighted by molar-refractivity contribution is -0.917. The topological polar surface area (TPSA) is 9.23 Å². The highest BCUT2D eigenvalue weighted by molar-refractivity contribution is 5.18. The molecule has 2 nitrogen and oxygen atoms in total. The van der Waals surface area contributed by atoms with Crippen molar-refractivity contribution in [1.29, 1.82) is 0 Å². The monoisotopic (exact) mass is 441 g/mol. The Hall–Kier alpha value is -0.380. The number of benzene rings is 1. The van der Waals surface area contributed by atoms with Gasteiger partial charge in [-0.25, -0.2) is 0 Å². The summed E-state index contributed by atoms with van der Waals surface area (Å²) in [4.78, 5) is 0. The van der Waals surface area contributed by atoms with Crippen LogP contribution in [0.1, 0.15) is 89.7 Å². The molecule has 0 N–H and O–H groups in total. The first-order valence-electron chi connectivity index (χ1n) is 10.9. The van der Waals surface area contributed by atoms with Gasteiger partial charge in [-0.05, 0) is 25.3 Å². The van der Waals surface area contributed by atoms with Gasteiger partial charge >= 0.3 is 0 Å². The third-order valence-electron chi connectivity index (χ3n) is 6.01. The van der Waals surface area contributed by atoms with Crippen LogP contribution in [0.5, 0.6) is 0 Å². The van der Waals surface area contributed by atoms with Crippen LogP contribution in [0.15, 0.2) is 30.3 Å². The summed E-state index contributed by atoms with van der Waals surface area (Å²) in [5.41, 5.74) is 1.29. The molecule has 0 bridgehead atoms. The highest BCUT2D eigenvalue weighted by Gasteiger charge is 2.32. The van der Waals surface area contributed by atoms with Crippen LogP contribution in [0.4, 0.5) is 0 Å². The predicted molar refractivity (Wildman–Crippen MR) is 114 cm³/mol. The zero-order valence-electron chi connectivity index (χ0n) is 18.6. The van der Waals surface area contributed by atoms with E-state index in [1.165, 1.54) is 76.3 Å². The molecule has 158 valence electrons. The number of rotatable bonds is 15. The molecule has 0 aromatic heterocycles. The normalized spacial score (nSPS) is 13.8. The molecule has 0 saturated heterocycles. The second-order valence-electron chi connectivity index (χ2n) is 8.49. The molecule has 2 atom stereocenters. The van der Waals surface area contributed by atoms with Gasteiger partial charge in [0.25, 0.3) is 0 Å². The van der Waals surface area contributed by atoms with Crippen LogP contribution in [0.3, 0.4) is 0 Å². The minimum absolute atomic E-state index is 0. The fourth-order valence-corrected chi connectivity index (χ4v) is 3.83. The van der Waals surface area contributed by atoms with Crippen LogP contribution in [-0.2, 0) is 4.74 Å². The molecule has 0 spiro atoms. The summed E-state index contributed by atoms with van der Waals surface area (Å²) in [6, 6.07) is 11.1. The van der Waals surface area contributed by atoms with Gasteiger partial charge in [0.2, 0.25) is 0 Å². The average molecular weight is 443 g/mol. The van der Waals surface area contributed by atoms with Crippen molar-refractivity contribution >= 4 is 0 Å². The Bertz CT molecular complexity index is 449. The summed E-state index contributed by atoms with van der Waals surface area (Å²) in [6.45, 7) is 5.84. The number of hydrogen-bond donors (Lipinski definition) is 0. The summed E-state index contributed by atoms with van der Waals surface area (Å²) < 4.78 is 6.89. The summed E-state index contributed by atoms with van der Waals surface area (Å²) >= 11 is 0. The molecule has 0 amide bonds. The van der Waals surface area contributed by atoms with Crippen LogP contribution in [0.25, 0.3) is 0 Å². The van der Waals surface area contributed by atoms with E-state index in [1.54, 1.807) is 0 Å². The Morgan fingerprint density at radius 3 is 1.78 bits per heavy atom. The fourth-order valence-electron chi connectivity index (χ4n) is 3.83. The molecule has 0 heterocycles. The van der Waals surface area contributed by atoms with Crippen molar-refractivity contribution in [2.45, 2.75) is 90.2 Å². The lowest BCUT2D eigenvalue weighted by atomic mass is 10.00. The van der Waals surface area contributed by atoms with Gasteiger partial charge in [-0.3, -0.25) is 0 Å². The Labute approximate surface area is 180 Å². The van der Waals surface area contributed by atoms with Crippen LogP contribution in [-0.4, -0.2) is 38.3 Å². The smallest absolute Gasteiger partial charge is 0.133 e. The standard InChI is InChI=1S/C24H44NO.BrH/c1-6-7-8-9-10-11-12-13-14-18-21-25(3,4)22(2)24(26-5)23-19-16-15-17-20-23;/h15-17,19-20,22,24H,6-14,18,21H2,1-5H3;1H/q+1;/p-1. The van der Waals surface area contributed by atoms with Crippen molar-refractivity contribution in [3.8, 4) is 0 Å². The molecule has 2 unspecified atom stereocenters. The number of halogens is 1. The molecule has 0 fully saturated rings. The first-order chi connectivity index (χ1) is 12.5. The highest BCUT2D eigenvalue weighted by atomic mass is 79.9. The maximum Gasteiger partial charge on any atom is 0.133 e. The number of quaternary nitrogens is 1. The number of likely N-dealkylation sites (N-methyl/N-ethyl adjacent to an activating group) is 1. The van der Waals surface area contributed by atoms with Gasteiger partial charge < -0.3 is 26.2 Å². The van der Waals surface area contributed by atoms with Crippen molar-refractivity contribution in [3.63, 3.8) is 0 Å². The van der Waals surface area contributed by atoms with E-state index in [2.05, 4.69) is 58.3 Å². The van der Waals surface area contributed by atoms with E-state index in [0.717, 1.165) is 4.48 Å². The molecule has 1 rings (SSSR count). The van der Waals surface area contributed by atoms with E-state index in [9.17, 15) is 0 Å². The van der Waals surface area contributed by atoms with E-state index in [0.29, 0.717) is 6.04 Å². The number of hydrogen-bond acceptors (Lipinski definition) is 1. The van der Waals surface area contributed by atoms with Crippen LogP contribution >= 0.6 is 0 Å². The molecule has 0 radical (unpaired) electrons. The van der Waals surface area contributed by atoms with Crippen molar-refractivity contribution in [3.05, 3.63) is 35.9 Å². The quantitative estimate of drug-likeness (QED) is 0.297. The van der Waals surface area contributed by atoms with E-state index >= 15 is 0 Å². The van der Waals surface area contributed by atoms with E-state index in [-0.39, 0.29) is 23.1 Å². The maximum atomic E-state index is 5.87. The molecule has 27 heavy (non-hydrogen) atoms. The summed E-state index contributed by atoms with van der Waals surface area (Å²) in [6.07, 6.45) is 14.2. The second kappa shape index (κ2) is 15.5. The lowest BCUT2D eigenvalue weighted by Crippen LogP contribution is -3.00. The second-order valence-corrected chi connectivity index (χ2v) is 8.49. The lowest BCUT2D eigenvalue weighted by Gasteiger charge is -2.40. The van der Waals surface area contributed by atoms with Crippen LogP contribution < -0.4 is 17.0 Å². The van der Waals surface area contributed by atoms with Gasteiger partial charge in [0.15, 0.2) is 0 Å². The average Bonchev–Trinajstić information content (AvgIpc) is 2.64. The molecule has 3 heteroatoms. The summed E-state index contributed by atoms with van der Waals surface area (Å²) in [5, 5.41) is 0. The number of methoxy groups -OCH3 is 1. The van der Waals surface area contributed by atoms with Crippen molar-refractivity contribution in [2.75, 3.05) is 27.7 Å². The molecule has 0 aliphatic heterocycles. The molecule has 0 aliphatic carbocycles. The predicted octanol–water partition coefficient (Wildman–Crippen LogP) is 3.76. The minimum Gasteiger partial charge on any atom is -1.00 e. The Kier molecular flexibility index (Phi) is 15.3. The van der Waals surface area contributed by atoms with Gasteiger partial charge in [-0.15, -0.1) is 0 Å². The van der Waals surface area contributed by atoms with Crippen LogP contribution in [0.2, 0.25) is 0 Å². The summed E-state index contributed by atoms with van der Waals surface area (Å²) in [5.74, 6) is 0.